The van der Waals surface area contributed by atoms with E-state index in [0.29, 0.717) is 16.4 Å². The molecule has 4 aromatic heterocycles. The lowest BCUT2D eigenvalue weighted by Crippen LogP contribution is -2.08. The molecule has 5 nitrogen and oxygen atoms in total. The van der Waals surface area contributed by atoms with E-state index in [1.807, 2.05) is 65.0 Å². The predicted molar refractivity (Wildman–Crippen MR) is 215 cm³/mol. The molecule has 4 heterocycles. The zero-order chi connectivity index (χ0) is 39.6. The van der Waals surface area contributed by atoms with Gasteiger partial charge in [0.2, 0.25) is 5.76 Å². The maximum absolute atomic E-state index is 8.47. The number of rotatable bonds is 0. The van der Waals surface area contributed by atoms with Crippen molar-refractivity contribution in [3.05, 3.63) is 117 Å². The molecule has 0 fully saturated rings. The number of nitriles is 1. The minimum Gasteiger partial charge on any atom is -0.469 e. The quantitative estimate of drug-likeness (QED) is 0.181. The van der Waals surface area contributed by atoms with Crippen molar-refractivity contribution in [1.29, 1.82) is 5.26 Å². The van der Waals surface area contributed by atoms with Gasteiger partial charge in [0.15, 0.2) is 5.22 Å². The summed E-state index contributed by atoms with van der Waals surface area (Å²) in [6.45, 7) is 38.2. The third-order valence-electron chi connectivity index (χ3n) is 7.63. The Morgan fingerprint density at radius 3 is 1.27 bits per heavy atom. The first-order valence-corrected chi connectivity index (χ1v) is 18.2. The van der Waals surface area contributed by atoms with Crippen molar-refractivity contribution in [3.63, 3.8) is 0 Å². The molecule has 0 radical (unpaired) electrons. The van der Waals surface area contributed by atoms with Gasteiger partial charge in [-0.1, -0.05) is 122 Å². The number of halogens is 1. The number of hydrogen-bond donors (Lipinski definition) is 0. The molecule has 0 saturated carbocycles. The maximum Gasteiger partial charge on any atom is 0.203 e. The summed E-state index contributed by atoms with van der Waals surface area (Å²) in [5, 5.41) is 8.94. The van der Waals surface area contributed by atoms with Gasteiger partial charge >= 0.3 is 0 Å². The zero-order valence-corrected chi connectivity index (χ0v) is 35.7. The Balaban J connectivity index is 0.000000319. The molecular weight excluding hydrogens is 654 g/mol. The molecule has 0 bridgehead atoms. The summed E-state index contributed by atoms with van der Waals surface area (Å²) < 4.78 is 21.2. The fourth-order valence-electron chi connectivity index (χ4n) is 4.36. The fourth-order valence-corrected chi connectivity index (χ4v) is 4.50. The van der Waals surface area contributed by atoms with E-state index in [-0.39, 0.29) is 21.7 Å². The maximum atomic E-state index is 8.47. The van der Waals surface area contributed by atoms with Crippen LogP contribution in [0.4, 0.5) is 0 Å². The van der Waals surface area contributed by atoms with E-state index in [9.17, 15) is 0 Å². The van der Waals surface area contributed by atoms with E-state index in [1.165, 1.54) is 16.7 Å². The van der Waals surface area contributed by atoms with Crippen LogP contribution < -0.4 is 0 Å². The lowest BCUT2D eigenvalue weighted by molar-refractivity contribution is 0.395. The van der Waals surface area contributed by atoms with Crippen LogP contribution in [-0.2, 0) is 21.7 Å². The first-order chi connectivity index (χ1) is 23.0. The Morgan fingerprint density at radius 2 is 1.06 bits per heavy atom. The van der Waals surface area contributed by atoms with Gasteiger partial charge in [0.25, 0.3) is 0 Å². The van der Waals surface area contributed by atoms with Gasteiger partial charge in [-0.25, -0.2) is 0 Å². The molecule has 4 aromatic rings. The minimum atomic E-state index is -0.00486. The molecule has 282 valence electrons. The fraction of sp³-hybridized carbons (Fsp3) is 0.533. The molecule has 0 aliphatic heterocycles. The van der Waals surface area contributed by atoms with Crippen LogP contribution in [0.5, 0.6) is 0 Å². The van der Waals surface area contributed by atoms with E-state index in [4.69, 9.17) is 34.5 Å². The molecule has 0 amide bonds. The van der Waals surface area contributed by atoms with Gasteiger partial charge in [0.1, 0.15) is 34.9 Å². The summed E-state index contributed by atoms with van der Waals surface area (Å²) in [5.41, 5.74) is 4.88. The topological polar surface area (TPSA) is 76.3 Å². The largest absolute Gasteiger partial charge is 0.469 e. The van der Waals surface area contributed by atoms with Gasteiger partial charge in [-0.15, -0.1) is 0 Å². The number of hydrogen-bond acceptors (Lipinski definition) is 5. The van der Waals surface area contributed by atoms with E-state index in [1.54, 1.807) is 18.4 Å². The Labute approximate surface area is 315 Å². The van der Waals surface area contributed by atoms with Crippen molar-refractivity contribution in [1.82, 2.24) is 0 Å². The van der Waals surface area contributed by atoms with Crippen LogP contribution in [-0.4, -0.2) is 0 Å². The summed E-state index contributed by atoms with van der Waals surface area (Å²) in [6, 6.07) is 15.3. The molecule has 51 heavy (non-hydrogen) atoms. The van der Waals surface area contributed by atoms with Crippen molar-refractivity contribution >= 4 is 11.6 Å². The van der Waals surface area contributed by atoms with Crippen molar-refractivity contribution in [2.24, 2.45) is 5.41 Å². The molecule has 0 spiro atoms. The number of furan rings is 4. The first-order valence-electron chi connectivity index (χ1n) is 17.8. The Kier molecular flexibility index (Phi) is 16.2. The standard InChI is InChI=1S/C10H16.C9H11NO.2C9H14O.C8H11ClO/c1-8-5-6-9(7-8)10(2,3)4;1-9(2,3)8-5-4-7(6-10)11-8;1-7-5-8(10-6-7)9(2,3)4;1-7-5-6-8(10-7)9(2,3)4;1-8(2,3)6-4-5-7(9)10-6/h6-7H,5H2,1-4H3;4-5H,1-3H3;2*5-6H,1-4H3;4-5H,1-3H3. The van der Waals surface area contributed by atoms with Crippen LogP contribution in [0.25, 0.3) is 0 Å². The van der Waals surface area contributed by atoms with Crippen LogP contribution in [0.2, 0.25) is 5.22 Å². The van der Waals surface area contributed by atoms with Crippen LogP contribution in [0.15, 0.2) is 89.7 Å². The van der Waals surface area contributed by atoms with Gasteiger partial charge in [-0.2, -0.15) is 5.26 Å². The third-order valence-corrected chi connectivity index (χ3v) is 7.83. The van der Waals surface area contributed by atoms with Crippen LogP contribution in [0, 0.1) is 30.6 Å². The number of aryl methyl sites for hydroxylation is 2. The normalized spacial score (nSPS) is 13.1. The van der Waals surface area contributed by atoms with Gasteiger partial charge < -0.3 is 17.7 Å². The number of nitrogens with zero attached hydrogens (tertiary/aromatic N) is 1. The second kappa shape index (κ2) is 18.2. The Morgan fingerprint density at radius 1 is 0.588 bits per heavy atom. The van der Waals surface area contributed by atoms with Gasteiger partial charge in [-0.05, 0) is 97.8 Å². The van der Waals surface area contributed by atoms with Gasteiger partial charge in [0.05, 0.1) is 6.26 Å². The predicted octanol–water partition coefficient (Wildman–Crippen LogP) is 14.8. The SMILES string of the molecule is CC(C)(C)c1ccc(C#N)o1.CC(C)(C)c1ccc(Cl)o1.CC1=CC(C(C)(C)C)=CC1.Cc1ccc(C(C)(C)C)o1.Cc1coc(C(C)(C)C)c1. The second-order valence-electron chi connectivity index (χ2n) is 18.4. The molecule has 0 N–H and O–H groups in total. The average Bonchev–Trinajstić information content (AvgIpc) is 3.78. The molecule has 6 heteroatoms. The zero-order valence-electron chi connectivity index (χ0n) is 34.9. The second-order valence-corrected chi connectivity index (χ2v) is 18.8. The van der Waals surface area contributed by atoms with Crippen molar-refractivity contribution in [2.75, 3.05) is 0 Å². The van der Waals surface area contributed by atoms with Crippen LogP contribution in [0.3, 0.4) is 0 Å². The minimum absolute atomic E-state index is 0.00486. The lowest BCUT2D eigenvalue weighted by Gasteiger charge is -2.18. The summed E-state index contributed by atoms with van der Waals surface area (Å²) >= 11 is 5.60. The number of allylic oxidation sites excluding steroid dienone is 4. The lowest BCUT2D eigenvalue weighted by atomic mass is 9.87. The molecule has 1 aliphatic rings. The van der Waals surface area contributed by atoms with Gasteiger partial charge in [-0.3, -0.25) is 0 Å². The highest BCUT2D eigenvalue weighted by Crippen LogP contribution is 2.32. The molecule has 0 unspecified atom stereocenters. The molecule has 5 rings (SSSR count). The highest BCUT2D eigenvalue weighted by Gasteiger charge is 2.20. The van der Waals surface area contributed by atoms with E-state index in [2.05, 4.69) is 108 Å². The van der Waals surface area contributed by atoms with Crippen molar-refractivity contribution in [3.8, 4) is 6.07 Å². The first kappa shape index (κ1) is 45.4. The van der Waals surface area contributed by atoms with Crippen LogP contribution >= 0.6 is 11.6 Å². The van der Waals surface area contributed by atoms with E-state index >= 15 is 0 Å². The molecule has 1 aliphatic carbocycles. The van der Waals surface area contributed by atoms with Crippen LogP contribution in [0.1, 0.15) is 157 Å². The Hall–Kier alpha value is -3.62. The summed E-state index contributed by atoms with van der Waals surface area (Å²) in [5.74, 6) is 5.28. The third kappa shape index (κ3) is 17.0. The van der Waals surface area contributed by atoms with E-state index in [0.717, 1.165) is 35.2 Å². The highest BCUT2D eigenvalue weighted by molar-refractivity contribution is 6.28. The smallest absolute Gasteiger partial charge is 0.203 e. The average molecular weight is 720 g/mol. The summed E-state index contributed by atoms with van der Waals surface area (Å²) in [6.07, 6.45) is 7.59. The Bertz CT molecular complexity index is 1610. The van der Waals surface area contributed by atoms with E-state index < -0.39 is 0 Å². The van der Waals surface area contributed by atoms with Crippen molar-refractivity contribution in [2.45, 2.75) is 153 Å². The summed E-state index contributed by atoms with van der Waals surface area (Å²) in [4.78, 5) is 0. The van der Waals surface area contributed by atoms with Gasteiger partial charge in [0, 0.05) is 21.7 Å². The monoisotopic (exact) mass is 719 g/mol. The molecular formula is C45H66ClNO4. The molecule has 0 saturated heterocycles. The summed E-state index contributed by atoms with van der Waals surface area (Å²) in [7, 11) is 0. The van der Waals surface area contributed by atoms with Crippen molar-refractivity contribution < 1.29 is 17.7 Å². The molecule has 0 atom stereocenters. The highest BCUT2D eigenvalue weighted by atomic mass is 35.5. The molecule has 0 aromatic carbocycles.